The highest BCUT2D eigenvalue weighted by molar-refractivity contribution is 5.57. The quantitative estimate of drug-likeness (QED) is 0.691. The summed E-state index contributed by atoms with van der Waals surface area (Å²) in [6, 6.07) is 8.15. The van der Waals surface area contributed by atoms with Crippen LogP contribution < -0.4 is 15.4 Å². The Labute approximate surface area is 156 Å². The lowest BCUT2D eigenvalue weighted by Crippen LogP contribution is -2.48. The molecule has 27 heavy (non-hydrogen) atoms. The number of aromatic nitrogens is 5. The van der Waals surface area contributed by atoms with Gasteiger partial charge in [0.1, 0.15) is 6.33 Å². The molecule has 8 heteroatoms. The van der Waals surface area contributed by atoms with Gasteiger partial charge in [0.05, 0.1) is 17.4 Å². The van der Waals surface area contributed by atoms with Gasteiger partial charge in [-0.05, 0) is 24.6 Å². The van der Waals surface area contributed by atoms with Crippen molar-refractivity contribution in [3.8, 4) is 11.4 Å². The lowest BCUT2D eigenvalue weighted by molar-refractivity contribution is 0.614. The number of fused-ring (bicyclic) bond motifs is 2. The highest BCUT2D eigenvalue weighted by Gasteiger charge is 2.44. The third-order valence-corrected chi connectivity index (χ3v) is 5.45. The Kier molecular flexibility index (Phi) is 3.63. The molecule has 0 saturated carbocycles. The summed E-state index contributed by atoms with van der Waals surface area (Å²) in [6.45, 7) is 1.77. The van der Waals surface area contributed by atoms with E-state index < -0.39 is 0 Å². The predicted octanol–water partition coefficient (Wildman–Crippen LogP) is 1.10. The van der Waals surface area contributed by atoms with E-state index in [0.717, 1.165) is 19.5 Å². The van der Waals surface area contributed by atoms with Gasteiger partial charge in [0.2, 0.25) is 5.95 Å². The molecule has 3 aromatic heterocycles. The van der Waals surface area contributed by atoms with Gasteiger partial charge < -0.3 is 9.80 Å². The van der Waals surface area contributed by atoms with Crippen LogP contribution in [0.2, 0.25) is 0 Å². The van der Waals surface area contributed by atoms with Crippen LogP contribution in [0.3, 0.4) is 0 Å². The minimum atomic E-state index is -0.0811. The zero-order chi connectivity index (χ0) is 18.4. The van der Waals surface area contributed by atoms with Crippen LogP contribution in [0.15, 0.2) is 54.0 Å². The average Bonchev–Trinajstić information content (AvgIpc) is 3.32. The van der Waals surface area contributed by atoms with Gasteiger partial charge in [-0.15, -0.1) is 0 Å². The van der Waals surface area contributed by atoms with Crippen LogP contribution in [-0.4, -0.2) is 49.7 Å². The molecule has 3 aromatic rings. The van der Waals surface area contributed by atoms with Gasteiger partial charge in [-0.2, -0.15) is 0 Å². The number of hydrogen-bond acceptors (Lipinski definition) is 7. The number of rotatable bonds is 3. The van der Waals surface area contributed by atoms with E-state index in [1.54, 1.807) is 23.9 Å². The molecule has 0 radical (unpaired) electrons. The summed E-state index contributed by atoms with van der Waals surface area (Å²) in [6.07, 6.45) is 7.85. The van der Waals surface area contributed by atoms with Crippen molar-refractivity contribution in [2.24, 2.45) is 7.05 Å². The van der Waals surface area contributed by atoms with Gasteiger partial charge in [0.25, 0.3) is 5.56 Å². The minimum absolute atomic E-state index is 0.0811. The van der Waals surface area contributed by atoms with E-state index in [1.807, 2.05) is 12.4 Å². The van der Waals surface area contributed by atoms with Crippen LogP contribution in [0.4, 0.5) is 11.6 Å². The number of piperazine rings is 1. The van der Waals surface area contributed by atoms with Crippen molar-refractivity contribution in [1.29, 1.82) is 0 Å². The molecular weight excluding hydrogens is 342 g/mol. The zero-order valence-corrected chi connectivity index (χ0v) is 14.9. The summed E-state index contributed by atoms with van der Waals surface area (Å²) in [7, 11) is 1.78. The SMILES string of the molecule is Cn1c(N2CC3C[C@H]2CN3c2ccncc2)nc(-c2ccncn2)cc1=O. The molecule has 2 aliphatic heterocycles. The van der Waals surface area contributed by atoms with Gasteiger partial charge in [-0.3, -0.25) is 14.3 Å². The van der Waals surface area contributed by atoms with E-state index in [9.17, 15) is 4.79 Å². The summed E-state index contributed by atoms with van der Waals surface area (Å²) in [5.41, 5.74) is 2.37. The van der Waals surface area contributed by atoms with E-state index in [2.05, 4.69) is 36.9 Å². The molecule has 0 aromatic carbocycles. The second kappa shape index (κ2) is 6.15. The molecule has 2 fully saturated rings. The summed E-state index contributed by atoms with van der Waals surface area (Å²) in [4.78, 5) is 34.2. The number of hydrogen-bond donors (Lipinski definition) is 0. The summed E-state index contributed by atoms with van der Waals surface area (Å²) in [5, 5.41) is 0. The van der Waals surface area contributed by atoms with Crippen LogP contribution in [0.1, 0.15) is 6.42 Å². The van der Waals surface area contributed by atoms with Crippen LogP contribution in [0.5, 0.6) is 0 Å². The van der Waals surface area contributed by atoms with Gasteiger partial charge in [-0.25, -0.2) is 15.0 Å². The first kappa shape index (κ1) is 15.9. The first-order valence-corrected chi connectivity index (χ1v) is 8.98. The molecule has 2 aliphatic rings. The van der Waals surface area contributed by atoms with Crippen molar-refractivity contribution in [3.05, 3.63) is 59.5 Å². The number of anilines is 2. The fourth-order valence-corrected chi connectivity index (χ4v) is 4.12. The Morgan fingerprint density at radius 1 is 0.963 bits per heavy atom. The maximum absolute atomic E-state index is 12.5. The molecule has 1 unspecified atom stereocenters. The molecule has 136 valence electrons. The van der Waals surface area contributed by atoms with Crippen molar-refractivity contribution in [3.63, 3.8) is 0 Å². The smallest absolute Gasteiger partial charge is 0.255 e. The topological polar surface area (TPSA) is 80.0 Å². The lowest BCUT2D eigenvalue weighted by atomic mass is 10.2. The molecule has 5 rings (SSSR count). The van der Waals surface area contributed by atoms with Gasteiger partial charge in [-0.1, -0.05) is 0 Å². The largest absolute Gasteiger partial charge is 0.365 e. The Morgan fingerprint density at radius 3 is 2.41 bits per heavy atom. The fraction of sp³-hybridized carbons (Fsp3) is 0.316. The average molecular weight is 361 g/mol. The summed E-state index contributed by atoms with van der Waals surface area (Å²) >= 11 is 0. The summed E-state index contributed by atoms with van der Waals surface area (Å²) < 4.78 is 1.63. The van der Waals surface area contributed by atoms with Crippen molar-refractivity contribution < 1.29 is 0 Å². The minimum Gasteiger partial charge on any atom is -0.365 e. The van der Waals surface area contributed by atoms with E-state index in [4.69, 9.17) is 4.98 Å². The molecule has 0 spiro atoms. The maximum Gasteiger partial charge on any atom is 0.255 e. The van der Waals surface area contributed by atoms with E-state index >= 15 is 0 Å². The zero-order valence-electron chi connectivity index (χ0n) is 14.9. The molecule has 2 atom stereocenters. The van der Waals surface area contributed by atoms with Crippen molar-refractivity contribution >= 4 is 11.6 Å². The molecular formula is C19H19N7O. The molecule has 5 heterocycles. The van der Waals surface area contributed by atoms with Crippen LogP contribution in [0, 0.1) is 0 Å². The Bertz CT molecular complexity index is 1020. The van der Waals surface area contributed by atoms with Crippen LogP contribution in [0.25, 0.3) is 11.4 Å². The van der Waals surface area contributed by atoms with Gasteiger partial charge in [0, 0.05) is 56.5 Å². The van der Waals surface area contributed by atoms with E-state index in [-0.39, 0.29) is 5.56 Å². The van der Waals surface area contributed by atoms with Crippen molar-refractivity contribution in [2.75, 3.05) is 22.9 Å². The third-order valence-electron chi connectivity index (χ3n) is 5.45. The van der Waals surface area contributed by atoms with E-state index in [0.29, 0.717) is 29.4 Å². The molecule has 8 nitrogen and oxygen atoms in total. The Morgan fingerprint density at radius 2 is 1.70 bits per heavy atom. The van der Waals surface area contributed by atoms with Crippen molar-refractivity contribution in [1.82, 2.24) is 24.5 Å². The van der Waals surface area contributed by atoms with Gasteiger partial charge in [0.15, 0.2) is 0 Å². The monoisotopic (exact) mass is 361 g/mol. The van der Waals surface area contributed by atoms with Crippen LogP contribution in [-0.2, 0) is 7.05 Å². The Balaban J connectivity index is 1.47. The second-order valence-electron chi connectivity index (χ2n) is 6.99. The molecule has 2 bridgehead atoms. The second-order valence-corrected chi connectivity index (χ2v) is 6.99. The fourth-order valence-electron chi connectivity index (χ4n) is 4.12. The Hall–Kier alpha value is -3.29. The predicted molar refractivity (Wildman–Crippen MR) is 102 cm³/mol. The normalized spacial score (nSPS) is 21.1. The highest BCUT2D eigenvalue weighted by atomic mass is 16.1. The first-order valence-electron chi connectivity index (χ1n) is 8.98. The molecule has 2 saturated heterocycles. The standard InChI is InChI=1S/C19H19N7O/c1-24-18(27)9-17(16-4-7-21-12-22-16)23-19(24)26-11-14-8-15(26)10-25(14)13-2-5-20-6-3-13/h2-7,9,12,14-15H,8,10-11H2,1H3/t14?,15-/m0/s1. The first-order chi connectivity index (χ1) is 13.2. The summed E-state index contributed by atoms with van der Waals surface area (Å²) in [5.74, 6) is 0.706. The van der Waals surface area contributed by atoms with Gasteiger partial charge >= 0.3 is 0 Å². The van der Waals surface area contributed by atoms with Crippen LogP contribution >= 0.6 is 0 Å². The molecule has 0 aliphatic carbocycles. The van der Waals surface area contributed by atoms with E-state index in [1.165, 1.54) is 18.1 Å². The molecule has 0 amide bonds. The maximum atomic E-state index is 12.5. The van der Waals surface area contributed by atoms with Crippen molar-refractivity contribution in [2.45, 2.75) is 18.5 Å². The highest BCUT2D eigenvalue weighted by Crippen LogP contribution is 2.36. The lowest BCUT2D eigenvalue weighted by Gasteiger charge is -2.36. The molecule has 0 N–H and O–H groups in total. The number of pyridine rings is 1. The number of nitrogens with zero attached hydrogens (tertiary/aromatic N) is 7. The third kappa shape index (κ3) is 2.64.